The Morgan fingerprint density at radius 2 is 1.81 bits per heavy atom. The SMILES string of the molecule is CC(C)(C)OC(=O)N1CCC2(CC1)CCN(c1ccc(F)c(Cl)c1)C2=O. The van der Waals surface area contributed by atoms with E-state index < -0.39 is 16.8 Å². The smallest absolute Gasteiger partial charge is 0.410 e. The van der Waals surface area contributed by atoms with Crippen LogP contribution in [0.2, 0.25) is 5.02 Å². The van der Waals surface area contributed by atoms with E-state index >= 15 is 0 Å². The van der Waals surface area contributed by atoms with E-state index in [0.717, 1.165) is 6.42 Å². The van der Waals surface area contributed by atoms with E-state index in [2.05, 4.69) is 0 Å². The van der Waals surface area contributed by atoms with Crippen LogP contribution >= 0.6 is 11.6 Å². The summed E-state index contributed by atoms with van der Waals surface area (Å²) in [6, 6.07) is 4.35. The van der Waals surface area contributed by atoms with Crippen LogP contribution in [0, 0.1) is 11.2 Å². The highest BCUT2D eigenvalue weighted by atomic mass is 35.5. The van der Waals surface area contributed by atoms with Crippen molar-refractivity contribution >= 4 is 29.3 Å². The number of ether oxygens (including phenoxy) is 1. The summed E-state index contributed by atoms with van der Waals surface area (Å²) in [5.41, 5.74) is -0.374. The number of rotatable bonds is 1. The largest absolute Gasteiger partial charge is 0.444 e. The molecule has 7 heteroatoms. The van der Waals surface area contributed by atoms with Crippen LogP contribution in [-0.2, 0) is 9.53 Å². The first kappa shape index (κ1) is 19.0. The van der Waals surface area contributed by atoms with Gasteiger partial charge in [0.2, 0.25) is 5.91 Å². The molecule has 0 aliphatic carbocycles. The van der Waals surface area contributed by atoms with Crippen LogP contribution in [0.5, 0.6) is 0 Å². The van der Waals surface area contributed by atoms with Gasteiger partial charge in [0, 0.05) is 25.3 Å². The van der Waals surface area contributed by atoms with Gasteiger partial charge in [-0.25, -0.2) is 9.18 Å². The molecule has 5 nitrogen and oxygen atoms in total. The maximum absolute atomic E-state index is 13.4. The molecule has 142 valence electrons. The van der Waals surface area contributed by atoms with Gasteiger partial charge in [-0.3, -0.25) is 4.79 Å². The third-order valence-corrected chi connectivity index (χ3v) is 5.39. The van der Waals surface area contributed by atoms with Gasteiger partial charge in [0.15, 0.2) is 0 Å². The molecule has 3 rings (SSSR count). The Hall–Kier alpha value is -1.82. The van der Waals surface area contributed by atoms with Crippen LogP contribution < -0.4 is 4.90 Å². The van der Waals surface area contributed by atoms with Crippen molar-refractivity contribution in [3.63, 3.8) is 0 Å². The maximum Gasteiger partial charge on any atom is 0.410 e. The zero-order valence-electron chi connectivity index (χ0n) is 15.3. The highest BCUT2D eigenvalue weighted by molar-refractivity contribution is 6.31. The standard InChI is InChI=1S/C19H24ClFN2O3/c1-18(2,3)26-17(25)22-9-6-19(7-10-22)8-11-23(16(19)24)13-4-5-15(21)14(20)12-13/h4-5,12H,6-11H2,1-3H3. The van der Waals surface area contributed by atoms with Gasteiger partial charge in [-0.1, -0.05) is 11.6 Å². The number of benzene rings is 1. The molecule has 2 aliphatic rings. The van der Waals surface area contributed by atoms with Crippen molar-refractivity contribution in [1.29, 1.82) is 0 Å². The van der Waals surface area contributed by atoms with Crippen molar-refractivity contribution < 1.29 is 18.7 Å². The van der Waals surface area contributed by atoms with Gasteiger partial charge in [-0.2, -0.15) is 0 Å². The first-order valence-corrected chi connectivity index (χ1v) is 9.24. The van der Waals surface area contributed by atoms with Gasteiger partial charge in [-0.15, -0.1) is 0 Å². The number of likely N-dealkylation sites (tertiary alicyclic amines) is 1. The average Bonchev–Trinajstić information content (AvgIpc) is 2.86. The van der Waals surface area contributed by atoms with E-state index in [9.17, 15) is 14.0 Å². The highest BCUT2D eigenvalue weighted by Crippen LogP contribution is 2.43. The van der Waals surface area contributed by atoms with E-state index in [1.54, 1.807) is 15.9 Å². The zero-order chi connectivity index (χ0) is 19.1. The van der Waals surface area contributed by atoms with Crippen molar-refractivity contribution in [3.05, 3.63) is 29.0 Å². The highest BCUT2D eigenvalue weighted by Gasteiger charge is 2.49. The van der Waals surface area contributed by atoms with Crippen LogP contribution in [0.15, 0.2) is 18.2 Å². The van der Waals surface area contributed by atoms with Gasteiger partial charge in [0.1, 0.15) is 11.4 Å². The molecule has 1 spiro atoms. The number of piperidine rings is 1. The summed E-state index contributed by atoms with van der Waals surface area (Å²) in [5.74, 6) is -0.466. The van der Waals surface area contributed by atoms with E-state index in [-0.39, 0.29) is 17.0 Å². The second-order valence-corrected chi connectivity index (χ2v) is 8.46. The van der Waals surface area contributed by atoms with Crippen LogP contribution in [0.25, 0.3) is 0 Å². The van der Waals surface area contributed by atoms with Gasteiger partial charge >= 0.3 is 6.09 Å². The Bertz CT molecular complexity index is 724. The van der Waals surface area contributed by atoms with Crippen molar-refractivity contribution in [1.82, 2.24) is 4.90 Å². The molecule has 0 N–H and O–H groups in total. The lowest BCUT2D eigenvalue weighted by atomic mass is 9.77. The fourth-order valence-electron chi connectivity index (χ4n) is 3.63. The Morgan fingerprint density at radius 1 is 1.19 bits per heavy atom. The van der Waals surface area contributed by atoms with E-state index in [0.29, 0.717) is 38.2 Å². The normalized spacial score (nSPS) is 20.0. The molecule has 1 aromatic carbocycles. The second kappa shape index (κ2) is 6.72. The van der Waals surface area contributed by atoms with Crippen LogP contribution in [-0.4, -0.2) is 42.1 Å². The first-order chi connectivity index (χ1) is 12.1. The van der Waals surface area contributed by atoms with E-state index in [4.69, 9.17) is 16.3 Å². The van der Waals surface area contributed by atoms with E-state index in [1.165, 1.54) is 12.1 Å². The van der Waals surface area contributed by atoms with Gasteiger partial charge in [0.05, 0.1) is 10.4 Å². The molecule has 2 aliphatic heterocycles. The Balaban J connectivity index is 1.67. The summed E-state index contributed by atoms with van der Waals surface area (Å²) in [6.07, 6.45) is 1.61. The van der Waals surface area contributed by atoms with Gasteiger partial charge in [0.25, 0.3) is 0 Å². The molecule has 2 heterocycles. The number of nitrogens with zero attached hydrogens (tertiary/aromatic N) is 2. The summed E-state index contributed by atoms with van der Waals surface area (Å²) in [7, 11) is 0. The van der Waals surface area contributed by atoms with Crippen LogP contribution in [0.1, 0.15) is 40.0 Å². The predicted octanol–water partition coefficient (Wildman–Crippen LogP) is 4.23. The average molecular weight is 383 g/mol. The van der Waals surface area contributed by atoms with Crippen molar-refractivity contribution in [3.8, 4) is 0 Å². The number of halogens is 2. The quantitative estimate of drug-likeness (QED) is 0.730. The molecule has 26 heavy (non-hydrogen) atoms. The fraction of sp³-hybridized carbons (Fsp3) is 0.579. The lowest BCUT2D eigenvalue weighted by Gasteiger charge is -2.38. The summed E-state index contributed by atoms with van der Waals surface area (Å²) in [6.45, 7) is 7.08. The number of hydrogen-bond donors (Lipinski definition) is 0. The number of anilines is 1. The maximum atomic E-state index is 13.4. The molecule has 2 fully saturated rings. The number of hydrogen-bond acceptors (Lipinski definition) is 3. The van der Waals surface area contributed by atoms with Gasteiger partial charge < -0.3 is 14.5 Å². The van der Waals surface area contributed by atoms with Crippen molar-refractivity contribution in [2.75, 3.05) is 24.5 Å². The monoisotopic (exact) mass is 382 g/mol. The summed E-state index contributed by atoms with van der Waals surface area (Å²) >= 11 is 5.85. The van der Waals surface area contributed by atoms with E-state index in [1.807, 2.05) is 20.8 Å². The lowest BCUT2D eigenvalue weighted by Crippen LogP contribution is -2.48. The predicted molar refractivity (Wildman–Crippen MR) is 97.9 cm³/mol. The topological polar surface area (TPSA) is 49.9 Å². The molecule has 0 bridgehead atoms. The first-order valence-electron chi connectivity index (χ1n) is 8.86. The Morgan fingerprint density at radius 3 is 2.38 bits per heavy atom. The third-order valence-electron chi connectivity index (χ3n) is 5.10. The van der Waals surface area contributed by atoms with Crippen LogP contribution in [0.4, 0.5) is 14.9 Å². The zero-order valence-corrected chi connectivity index (χ0v) is 16.1. The molecule has 0 saturated carbocycles. The van der Waals surface area contributed by atoms with Crippen molar-refractivity contribution in [2.24, 2.45) is 5.41 Å². The Kier molecular flexibility index (Phi) is 4.90. The molecule has 2 saturated heterocycles. The summed E-state index contributed by atoms with van der Waals surface area (Å²) in [5, 5.41) is 0.0102. The fourth-order valence-corrected chi connectivity index (χ4v) is 3.80. The molecule has 0 unspecified atom stereocenters. The minimum Gasteiger partial charge on any atom is -0.444 e. The van der Waals surface area contributed by atoms with Crippen molar-refractivity contribution in [2.45, 2.75) is 45.6 Å². The van der Waals surface area contributed by atoms with Gasteiger partial charge in [-0.05, 0) is 58.2 Å². The molecular formula is C19H24ClFN2O3. The minimum absolute atomic E-state index is 0.0102. The molecule has 0 atom stereocenters. The summed E-state index contributed by atoms with van der Waals surface area (Å²) < 4.78 is 18.8. The summed E-state index contributed by atoms with van der Waals surface area (Å²) in [4.78, 5) is 28.6. The number of carbonyl (C=O) groups excluding carboxylic acids is 2. The minimum atomic E-state index is -0.534. The molecule has 1 aromatic rings. The third kappa shape index (κ3) is 3.65. The number of amides is 2. The molecule has 0 radical (unpaired) electrons. The second-order valence-electron chi connectivity index (χ2n) is 8.05. The number of carbonyl (C=O) groups is 2. The Labute approximate surface area is 158 Å². The molecular weight excluding hydrogens is 359 g/mol. The van der Waals surface area contributed by atoms with Crippen LogP contribution in [0.3, 0.4) is 0 Å². The molecule has 0 aromatic heterocycles. The molecule has 2 amide bonds. The lowest BCUT2D eigenvalue weighted by molar-refractivity contribution is -0.128.